The molecular formula is C23H23ClN2O3S. The topological polar surface area (TPSA) is 71.2 Å². The van der Waals surface area contributed by atoms with Crippen LogP contribution in [0.15, 0.2) is 65.8 Å². The average molecular weight is 443 g/mol. The zero-order valence-corrected chi connectivity index (χ0v) is 18.3. The summed E-state index contributed by atoms with van der Waals surface area (Å²) < 4.78 is 5.26. The highest BCUT2D eigenvalue weighted by molar-refractivity contribution is 8.00. The molecule has 7 heteroatoms. The van der Waals surface area contributed by atoms with Gasteiger partial charge in [0.25, 0.3) is 0 Å². The molecule has 156 valence electrons. The van der Waals surface area contributed by atoms with Crippen molar-refractivity contribution in [3.63, 3.8) is 0 Å². The lowest BCUT2D eigenvalue weighted by molar-refractivity contribution is -0.120. The van der Waals surface area contributed by atoms with Crippen molar-refractivity contribution in [3.8, 4) is 11.1 Å². The molecule has 0 aliphatic heterocycles. The highest BCUT2D eigenvalue weighted by Gasteiger charge is 2.25. The predicted octanol–water partition coefficient (Wildman–Crippen LogP) is 5.31. The van der Waals surface area contributed by atoms with E-state index in [9.17, 15) is 9.59 Å². The van der Waals surface area contributed by atoms with Crippen molar-refractivity contribution in [1.29, 1.82) is 0 Å². The van der Waals surface area contributed by atoms with E-state index in [-0.39, 0.29) is 12.5 Å². The van der Waals surface area contributed by atoms with Crippen molar-refractivity contribution in [2.45, 2.75) is 30.7 Å². The van der Waals surface area contributed by atoms with Gasteiger partial charge in [-0.05, 0) is 37.1 Å². The molecule has 2 N–H and O–H groups in total. The SMILES string of the molecule is CCOC(=O)c1c(-c2ccc(Cl)cc2)c[nH]c1SC(C)C(=O)NCc1ccccc1. The fourth-order valence-corrected chi connectivity index (χ4v) is 4.03. The molecule has 1 amide bonds. The Balaban J connectivity index is 1.78. The number of amides is 1. The molecule has 3 aromatic rings. The maximum atomic E-state index is 12.7. The molecule has 0 bridgehead atoms. The Morgan fingerprint density at radius 1 is 1.13 bits per heavy atom. The number of benzene rings is 2. The number of rotatable bonds is 8. The van der Waals surface area contributed by atoms with Crippen LogP contribution in [0.5, 0.6) is 0 Å². The standard InChI is InChI=1S/C23H23ClN2O3S/c1-3-29-23(28)20-19(17-9-11-18(24)12-10-17)14-26-22(20)30-15(2)21(27)25-13-16-7-5-4-6-8-16/h4-12,14-15,26H,3,13H2,1-2H3,(H,25,27). The average Bonchev–Trinajstić information content (AvgIpc) is 3.17. The van der Waals surface area contributed by atoms with Crippen LogP contribution in [0, 0.1) is 0 Å². The molecule has 1 heterocycles. The molecule has 2 aromatic carbocycles. The molecular weight excluding hydrogens is 420 g/mol. The first-order valence-corrected chi connectivity index (χ1v) is 10.9. The van der Waals surface area contributed by atoms with E-state index < -0.39 is 11.2 Å². The predicted molar refractivity (Wildman–Crippen MR) is 121 cm³/mol. The lowest BCUT2D eigenvalue weighted by Crippen LogP contribution is -2.30. The van der Waals surface area contributed by atoms with E-state index >= 15 is 0 Å². The Morgan fingerprint density at radius 2 is 1.83 bits per heavy atom. The normalized spacial score (nSPS) is 11.7. The van der Waals surface area contributed by atoms with Gasteiger partial charge in [0.2, 0.25) is 5.91 Å². The first kappa shape index (κ1) is 22.0. The van der Waals surface area contributed by atoms with Gasteiger partial charge in [-0.15, -0.1) is 0 Å². The fourth-order valence-electron chi connectivity index (χ4n) is 2.92. The second kappa shape index (κ2) is 10.4. The summed E-state index contributed by atoms with van der Waals surface area (Å²) in [5, 5.41) is 3.74. The van der Waals surface area contributed by atoms with E-state index in [1.165, 1.54) is 11.8 Å². The smallest absolute Gasteiger partial charge is 0.341 e. The second-order valence-corrected chi connectivity index (χ2v) is 8.38. The molecule has 1 atom stereocenters. The molecule has 1 unspecified atom stereocenters. The molecule has 30 heavy (non-hydrogen) atoms. The summed E-state index contributed by atoms with van der Waals surface area (Å²) >= 11 is 7.28. The van der Waals surface area contributed by atoms with Crippen LogP contribution >= 0.6 is 23.4 Å². The number of hydrogen-bond acceptors (Lipinski definition) is 4. The number of ether oxygens (including phenoxy) is 1. The number of carbonyl (C=O) groups excluding carboxylic acids is 2. The minimum absolute atomic E-state index is 0.110. The molecule has 0 saturated carbocycles. The van der Waals surface area contributed by atoms with Crippen LogP contribution in [0.4, 0.5) is 0 Å². The quantitative estimate of drug-likeness (QED) is 0.366. The largest absolute Gasteiger partial charge is 0.462 e. The Kier molecular flexibility index (Phi) is 7.60. The molecule has 5 nitrogen and oxygen atoms in total. The molecule has 1 aromatic heterocycles. The van der Waals surface area contributed by atoms with Crippen LogP contribution in [0.1, 0.15) is 29.8 Å². The van der Waals surface area contributed by atoms with Gasteiger partial charge in [-0.3, -0.25) is 4.79 Å². The number of thioether (sulfide) groups is 1. The highest BCUT2D eigenvalue weighted by atomic mass is 35.5. The molecule has 0 aliphatic carbocycles. The van der Waals surface area contributed by atoms with Crippen LogP contribution in [-0.4, -0.2) is 28.7 Å². The fraction of sp³-hybridized carbons (Fsp3) is 0.217. The number of hydrogen-bond donors (Lipinski definition) is 2. The summed E-state index contributed by atoms with van der Waals surface area (Å²) in [4.78, 5) is 28.4. The van der Waals surface area contributed by atoms with Crippen molar-refractivity contribution in [2.75, 3.05) is 6.61 Å². The van der Waals surface area contributed by atoms with Crippen LogP contribution in [-0.2, 0) is 16.1 Å². The summed E-state index contributed by atoms with van der Waals surface area (Å²) in [5.41, 5.74) is 3.00. The highest BCUT2D eigenvalue weighted by Crippen LogP contribution is 2.34. The zero-order chi connectivity index (χ0) is 21.5. The molecule has 0 spiro atoms. The Hall–Kier alpha value is -2.70. The summed E-state index contributed by atoms with van der Waals surface area (Å²) in [7, 11) is 0. The van der Waals surface area contributed by atoms with Gasteiger partial charge >= 0.3 is 5.97 Å². The Morgan fingerprint density at radius 3 is 2.50 bits per heavy atom. The van der Waals surface area contributed by atoms with Crippen molar-refractivity contribution in [2.24, 2.45) is 0 Å². The number of aromatic amines is 1. The maximum Gasteiger partial charge on any atom is 0.341 e. The third kappa shape index (κ3) is 5.46. The molecule has 3 rings (SSSR count). The van der Waals surface area contributed by atoms with Crippen LogP contribution in [0.2, 0.25) is 5.02 Å². The Bertz CT molecular complexity index is 1000. The van der Waals surface area contributed by atoms with E-state index in [1.807, 2.05) is 49.4 Å². The molecule has 0 saturated heterocycles. The van der Waals surface area contributed by atoms with E-state index in [2.05, 4.69) is 10.3 Å². The van der Waals surface area contributed by atoms with Crippen molar-refractivity contribution in [3.05, 3.63) is 76.9 Å². The lowest BCUT2D eigenvalue weighted by Gasteiger charge is -2.13. The number of esters is 1. The summed E-state index contributed by atoms with van der Waals surface area (Å²) in [6.07, 6.45) is 1.76. The number of halogens is 1. The van der Waals surface area contributed by atoms with E-state index in [0.717, 1.165) is 11.1 Å². The monoisotopic (exact) mass is 442 g/mol. The minimum atomic E-state index is -0.428. The van der Waals surface area contributed by atoms with Gasteiger partial charge in [0, 0.05) is 23.3 Å². The van der Waals surface area contributed by atoms with E-state index in [0.29, 0.717) is 27.7 Å². The van der Waals surface area contributed by atoms with E-state index in [4.69, 9.17) is 16.3 Å². The first-order valence-electron chi connectivity index (χ1n) is 9.62. The molecule has 0 radical (unpaired) electrons. The lowest BCUT2D eigenvalue weighted by atomic mass is 10.1. The van der Waals surface area contributed by atoms with E-state index in [1.54, 1.807) is 25.3 Å². The number of H-pyrrole nitrogens is 1. The number of carbonyl (C=O) groups is 2. The number of nitrogens with one attached hydrogen (secondary N) is 2. The minimum Gasteiger partial charge on any atom is -0.462 e. The third-order valence-electron chi connectivity index (χ3n) is 4.45. The number of aromatic nitrogens is 1. The summed E-state index contributed by atoms with van der Waals surface area (Å²) in [6.45, 7) is 4.29. The Labute approximate surface area is 185 Å². The zero-order valence-electron chi connectivity index (χ0n) is 16.8. The van der Waals surface area contributed by atoms with Gasteiger partial charge in [0.1, 0.15) is 0 Å². The van der Waals surface area contributed by atoms with Crippen LogP contribution < -0.4 is 5.32 Å². The van der Waals surface area contributed by atoms with Gasteiger partial charge in [0.15, 0.2) is 0 Å². The van der Waals surface area contributed by atoms with Gasteiger partial charge in [-0.2, -0.15) is 0 Å². The van der Waals surface area contributed by atoms with Gasteiger partial charge in [-0.25, -0.2) is 4.79 Å². The summed E-state index contributed by atoms with van der Waals surface area (Å²) in [6, 6.07) is 16.9. The maximum absolute atomic E-state index is 12.7. The van der Waals surface area contributed by atoms with Crippen molar-refractivity contribution >= 4 is 35.2 Å². The van der Waals surface area contributed by atoms with Crippen LogP contribution in [0.25, 0.3) is 11.1 Å². The molecule has 0 aliphatic rings. The van der Waals surface area contributed by atoms with Crippen LogP contribution in [0.3, 0.4) is 0 Å². The first-order chi connectivity index (χ1) is 14.5. The van der Waals surface area contributed by atoms with Crippen molar-refractivity contribution in [1.82, 2.24) is 10.3 Å². The summed E-state index contributed by atoms with van der Waals surface area (Å²) in [5.74, 6) is -0.538. The molecule has 0 fully saturated rings. The van der Waals surface area contributed by atoms with Crippen molar-refractivity contribution < 1.29 is 14.3 Å². The van der Waals surface area contributed by atoms with Gasteiger partial charge < -0.3 is 15.0 Å². The second-order valence-electron chi connectivity index (χ2n) is 6.60. The van der Waals surface area contributed by atoms with Gasteiger partial charge in [-0.1, -0.05) is 65.8 Å². The third-order valence-corrected chi connectivity index (χ3v) is 5.83. The van der Waals surface area contributed by atoms with Gasteiger partial charge in [0.05, 0.1) is 22.4 Å².